The van der Waals surface area contributed by atoms with Crippen molar-refractivity contribution >= 4 is 38.3 Å². The predicted octanol–water partition coefficient (Wildman–Crippen LogP) is 3.17. The summed E-state index contributed by atoms with van der Waals surface area (Å²) in [5.74, 6) is 0.0203. The van der Waals surface area contributed by atoms with E-state index < -0.39 is 0 Å². The van der Waals surface area contributed by atoms with Gasteiger partial charge in [-0.05, 0) is 18.2 Å². The second-order valence-corrected chi connectivity index (χ2v) is 4.44. The van der Waals surface area contributed by atoms with E-state index in [1.165, 1.54) is 0 Å². The highest BCUT2D eigenvalue weighted by molar-refractivity contribution is 9.10. The van der Waals surface area contributed by atoms with Crippen LogP contribution in [0.2, 0.25) is 0 Å². The lowest BCUT2D eigenvalue weighted by Gasteiger charge is -2.07. The molecule has 82 valence electrons. The third-order valence-corrected chi connectivity index (χ3v) is 2.99. The highest BCUT2D eigenvalue weighted by atomic mass is 79.9. The van der Waals surface area contributed by atoms with Gasteiger partial charge >= 0.3 is 0 Å². The summed E-state index contributed by atoms with van der Waals surface area (Å²) in [5.41, 5.74) is 7.80. The number of ketones is 1. The van der Waals surface area contributed by atoms with Crippen molar-refractivity contribution in [2.75, 3.05) is 5.73 Å². The van der Waals surface area contributed by atoms with Crippen LogP contribution in [0, 0.1) is 0 Å². The standard InChI is InChI=1S/C12H11BrN2O/c1-2-11(16)9-6-15-10-4-3-7(13)5-8(10)12(9)14/h3-6H,2H2,1H3,(H2,14,15). The Morgan fingerprint density at radius 3 is 2.94 bits per heavy atom. The van der Waals surface area contributed by atoms with Crippen molar-refractivity contribution in [3.8, 4) is 0 Å². The van der Waals surface area contributed by atoms with Gasteiger partial charge in [-0.3, -0.25) is 9.78 Å². The highest BCUT2D eigenvalue weighted by Crippen LogP contribution is 2.26. The van der Waals surface area contributed by atoms with Crippen LogP contribution in [0.1, 0.15) is 23.7 Å². The molecule has 1 aromatic heterocycles. The lowest BCUT2D eigenvalue weighted by atomic mass is 10.1. The van der Waals surface area contributed by atoms with E-state index >= 15 is 0 Å². The molecule has 2 N–H and O–H groups in total. The molecule has 0 saturated carbocycles. The largest absolute Gasteiger partial charge is 0.398 e. The SMILES string of the molecule is CCC(=O)c1cnc2ccc(Br)cc2c1N. The van der Waals surface area contributed by atoms with Crippen molar-refractivity contribution in [2.24, 2.45) is 0 Å². The monoisotopic (exact) mass is 278 g/mol. The van der Waals surface area contributed by atoms with Crippen LogP contribution < -0.4 is 5.73 Å². The molecule has 0 spiro atoms. The molecule has 0 amide bonds. The van der Waals surface area contributed by atoms with Gasteiger partial charge in [-0.2, -0.15) is 0 Å². The fraction of sp³-hybridized carbons (Fsp3) is 0.167. The number of Topliss-reactive ketones (excluding diaryl/α,β-unsaturated/α-hetero) is 1. The summed E-state index contributed by atoms with van der Waals surface area (Å²) in [6, 6.07) is 5.65. The van der Waals surface area contributed by atoms with Gasteiger partial charge < -0.3 is 5.73 Å². The van der Waals surface area contributed by atoms with Crippen LogP contribution in [0.15, 0.2) is 28.9 Å². The lowest BCUT2D eigenvalue weighted by Crippen LogP contribution is -2.04. The highest BCUT2D eigenvalue weighted by Gasteiger charge is 2.11. The number of nitrogens with two attached hydrogens (primary N) is 1. The van der Waals surface area contributed by atoms with Crippen LogP contribution >= 0.6 is 15.9 Å². The zero-order valence-electron chi connectivity index (χ0n) is 8.83. The van der Waals surface area contributed by atoms with Crippen LogP contribution in [0.4, 0.5) is 5.69 Å². The number of carbonyl (C=O) groups excluding carboxylic acids is 1. The normalized spacial score (nSPS) is 10.6. The minimum absolute atomic E-state index is 0.0203. The van der Waals surface area contributed by atoms with Crippen molar-refractivity contribution in [1.82, 2.24) is 4.98 Å². The summed E-state index contributed by atoms with van der Waals surface area (Å²) in [5, 5.41) is 0.814. The van der Waals surface area contributed by atoms with Gasteiger partial charge in [0.25, 0.3) is 0 Å². The maximum atomic E-state index is 11.6. The molecular weight excluding hydrogens is 268 g/mol. The molecule has 0 aliphatic carbocycles. The third-order valence-electron chi connectivity index (χ3n) is 2.49. The minimum Gasteiger partial charge on any atom is -0.398 e. The quantitative estimate of drug-likeness (QED) is 0.859. The molecule has 1 aromatic carbocycles. The maximum absolute atomic E-state index is 11.6. The van der Waals surface area contributed by atoms with Crippen LogP contribution in [0.5, 0.6) is 0 Å². The molecule has 0 aliphatic rings. The number of benzene rings is 1. The number of nitrogens with zero attached hydrogens (tertiary/aromatic N) is 1. The van der Waals surface area contributed by atoms with Gasteiger partial charge in [-0.15, -0.1) is 0 Å². The Kier molecular flexibility index (Phi) is 2.92. The Morgan fingerprint density at radius 1 is 1.50 bits per heavy atom. The molecule has 0 bridgehead atoms. The molecule has 0 fully saturated rings. The smallest absolute Gasteiger partial charge is 0.166 e. The first-order valence-corrected chi connectivity index (χ1v) is 5.79. The predicted molar refractivity (Wildman–Crippen MR) is 68.5 cm³/mol. The molecule has 1 heterocycles. The van der Waals surface area contributed by atoms with Crippen molar-refractivity contribution in [2.45, 2.75) is 13.3 Å². The molecular formula is C12H11BrN2O. The zero-order valence-corrected chi connectivity index (χ0v) is 10.4. The number of hydrogen-bond acceptors (Lipinski definition) is 3. The number of aromatic nitrogens is 1. The van der Waals surface area contributed by atoms with Crippen molar-refractivity contribution < 1.29 is 4.79 Å². The van der Waals surface area contributed by atoms with Gasteiger partial charge in [0.15, 0.2) is 5.78 Å². The minimum atomic E-state index is 0.0203. The fourth-order valence-corrected chi connectivity index (χ4v) is 1.96. The van der Waals surface area contributed by atoms with E-state index in [-0.39, 0.29) is 5.78 Å². The summed E-state index contributed by atoms with van der Waals surface area (Å²) in [6.45, 7) is 1.81. The van der Waals surface area contributed by atoms with Crippen molar-refractivity contribution in [3.63, 3.8) is 0 Å². The van der Waals surface area contributed by atoms with Gasteiger partial charge in [-0.25, -0.2) is 0 Å². The number of halogens is 1. The van der Waals surface area contributed by atoms with Gasteiger partial charge in [0.2, 0.25) is 0 Å². The summed E-state index contributed by atoms with van der Waals surface area (Å²) in [4.78, 5) is 15.9. The average molecular weight is 279 g/mol. The Hall–Kier alpha value is -1.42. The molecule has 2 aromatic rings. The number of anilines is 1. The summed E-state index contributed by atoms with van der Waals surface area (Å²) in [6.07, 6.45) is 1.99. The molecule has 4 heteroatoms. The number of hydrogen-bond donors (Lipinski definition) is 1. The lowest BCUT2D eigenvalue weighted by molar-refractivity contribution is 0.0989. The van der Waals surface area contributed by atoms with Gasteiger partial charge in [-0.1, -0.05) is 22.9 Å². The van der Waals surface area contributed by atoms with Crippen molar-refractivity contribution in [3.05, 3.63) is 34.4 Å². The first-order valence-electron chi connectivity index (χ1n) is 5.00. The van der Waals surface area contributed by atoms with Gasteiger partial charge in [0, 0.05) is 22.5 Å². The maximum Gasteiger partial charge on any atom is 0.166 e. The second-order valence-electron chi connectivity index (χ2n) is 3.52. The Balaban J connectivity index is 2.72. The number of pyridine rings is 1. The number of fused-ring (bicyclic) bond motifs is 1. The van der Waals surface area contributed by atoms with Crippen LogP contribution in [-0.4, -0.2) is 10.8 Å². The van der Waals surface area contributed by atoms with E-state index in [1.807, 2.05) is 25.1 Å². The third kappa shape index (κ3) is 1.80. The Morgan fingerprint density at radius 2 is 2.25 bits per heavy atom. The fourth-order valence-electron chi connectivity index (χ4n) is 1.60. The molecule has 16 heavy (non-hydrogen) atoms. The van der Waals surface area contributed by atoms with Crippen LogP contribution in [0.25, 0.3) is 10.9 Å². The van der Waals surface area contributed by atoms with Crippen LogP contribution in [-0.2, 0) is 0 Å². The number of rotatable bonds is 2. The van der Waals surface area contributed by atoms with E-state index in [9.17, 15) is 4.79 Å². The number of nitrogen functional groups attached to an aromatic ring is 1. The van der Waals surface area contributed by atoms with Gasteiger partial charge in [0.1, 0.15) is 0 Å². The average Bonchev–Trinajstić information content (AvgIpc) is 2.29. The molecule has 3 nitrogen and oxygen atoms in total. The number of carbonyl (C=O) groups is 1. The molecule has 0 saturated heterocycles. The zero-order chi connectivity index (χ0) is 11.7. The topological polar surface area (TPSA) is 56.0 Å². The first-order chi connectivity index (χ1) is 7.63. The van der Waals surface area contributed by atoms with E-state index in [2.05, 4.69) is 20.9 Å². The summed E-state index contributed by atoms with van der Waals surface area (Å²) < 4.78 is 0.926. The molecule has 0 atom stereocenters. The molecule has 0 unspecified atom stereocenters. The van der Waals surface area contributed by atoms with E-state index in [4.69, 9.17) is 5.73 Å². The van der Waals surface area contributed by atoms with Gasteiger partial charge in [0.05, 0.1) is 16.8 Å². The van der Waals surface area contributed by atoms with E-state index in [0.29, 0.717) is 17.7 Å². The molecule has 0 radical (unpaired) electrons. The first kappa shape index (κ1) is 11.1. The second kappa shape index (κ2) is 4.22. The summed E-state index contributed by atoms with van der Waals surface area (Å²) in [7, 11) is 0. The Bertz CT molecular complexity index is 566. The summed E-state index contributed by atoms with van der Waals surface area (Å²) >= 11 is 3.38. The molecule has 0 aliphatic heterocycles. The van der Waals surface area contributed by atoms with E-state index in [1.54, 1.807) is 6.20 Å². The van der Waals surface area contributed by atoms with Crippen LogP contribution in [0.3, 0.4) is 0 Å². The van der Waals surface area contributed by atoms with Crippen molar-refractivity contribution in [1.29, 1.82) is 0 Å². The Labute approximate surface area is 102 Å². The molecule has 2 rings (SSSR count). The van der Waals surface area contributed by atoms with E-state index in [0.717, 1.165) is 15.4 Å².